The number of hydrogen-bond donors (Lipinski definition) is 1. The summed E-state index contributed by atoms with van der Waals surface area (Å²) in [6, 6.07) is 23.4. The van der Waals surface area contributed by atoms with Crippen molar-refractivity contribution in [3.8, 4) is 22.6 Å². The number of rotatable bonds is 7. The van der Waals surface area contributed by atoms with Crippen molar-refractivity contribution in [1.82, 2.24) is 4.90 Å². The van der Waals surface area contributed by atoms with Crippen LogP contribution in [0.1, 0.15) is 38.7 Å². The maximum Gasteiger partial charge on any atom is 0.416 e. The van der Waals surface area contributed by atoms with Crippen LogP contribution >= 0.6 is 0 Å². The van der Waals surface area contributed by atoms with Crippen molar-refractivity contribution in [2.24, 2.45) is 5.73 Å². The van der Waals surface area contributed by atoms with Crippen LogP contribution in [0, 0.1) is 0 Å². The highest BCUT2D eigenvalue weighted by Gasteiger charge is 2.34. The van der Waals surface area contributed by atoms with E-state index in [4.69, 9.17) is 15.2 Å². The second kappa shape index (κ2) is 11.5. The molecule has 6 nitrogen and oxygen atoms in total. The molecule has 210 valence electrons. The van der Waals surface area contributed by atoms with Crippen LogP contribution < -0.4 is 15.2 Å². The average molecular weight is 561 g/mol. The quantitative estimate of drug-likeness (QED) is 0.216. The van der Waals surface area contributed by atoms with Gasteiger partial charge in [-0.1, -0.05) is 54.6 Å². The first-order valence-electron chi connectivity index (χ1n) is 12.9. The summed E-state index contributed by atoms with van der Waals surface area (Å²) in [6.07, 6.45) is -4.07. The van der Waals surface area contributed by atoms with Gasteiger partial charge in [0.05, 0.1) is 18.2 Å². The first-order chi connectivity index (χ1) is 19.6. The third kappa shape index (κ3) is 6.10. The van der Waals surface area contributed by atoms with E-state index in [1.165, 1.54) is 12.1 Å². The minimum absolute atomic E-state index is 0.164. The summed E-state index contributed by atoms with van der Waals surface area (Å²) < 4.78 is 51.3. The molecule has 41 heavy (non-hydrogen) atoms. The van der Waals surface area contributed by atoms with Crippen molar-refractivity contribution in [3.63, 3.8) is 0 Å². The SMILES string of the molecule is COc1ccc(CN2CCc3cc(OC(=O)c4cc(C(F)(F)F)ccc4-c4ccccc4)ccc3C2C(N)=O)cc1. The molecule has 1 atom stereocenters. The summed E-state index contributed by atoms with van der Waals surface area (Å²) in [6.45, 7) is 1.02. The Kier molecular flexibility index (Phi) is 7.81. The molecule has 0 saturated heterocycles. The molecule has 9 heteroatoms. The molecular weight excluding hydrogens is 533 g/mol. The summed E-state index contributed by atoms with van der Waals surface area (Å²) >= 11 is 0. The van der Waals surface area contributed by atoms with Gasteiger partial charge in [0.25, 0.3) is 0 Å². The molecule has 4 aromatic rings. The standard InChI is InChI=1S/C32H27F3N2O4/c1-40-24-10-7-20(8-11-24)19-37-16-15-22-17-25(12-14-27(22)29(37)30(36)38)41-31(39)28-18-23(32(33,34)35)9-13-26(28)21-5-3-2-4-6-21/h2-14,17-18,29H,15-16,19H2,1H3,(H2,36,38). The third-order valence-corrected chi connectivity index (χ3v) is 7.12. The average Bonchev–Trinajstić information content (AvgIpc) is 2.97. The zero-order valence-corrected chi connectivity index (χ0v) is 22.2. The number of carbonyl (C=O) groups is 2. The lowest BCUT2D eigenvalue weighted by molar-refractivity contribution is -0.137. The van der Waals surface area contributed by atoms with Crippen molar-refractivity contribution in [2.75, 3.05) is 13.7 Å². The molecule has 0 radical (unpaired) electrons. The summed E-state index contributed by atoms with van der Waals surface area (Å²) in [4.78, 5) is 27.8. The number of ether oxygens (including phenoxy) is 2. The predicted octanol–water partition coefficient (Wildman–Crippen LogP) is 6.18. The van der Waals surface area contributed by atoms with E-state index in [1.54, 1.807) is 49.6 Å². The molecule has 2 N–H and O–H groups in total. The van der Waals surface area contributed by atoms with Gasteiger partial charge in [0.15, 0.2) is 0 Å². The Morgan fingerprint density at radius 3 is 2.29 bits per heavy atom. The van der Waals surface area contributed by atoms with Gasteiger partial charge in [-0.15, -0.1) is 0 Å². The predicted molar refractivity (Wildman–Crippen MR) is 147 cm³/mol. The van der Waals surface area contributed by atoms with Gasteiger partial charge >= 0.3 is 12.1 Å². The molecule has 0 bridgehead atoms. The van der Waals surface area contributed by atoms with E-state index >= 15 is 0 Å². The molecule has 1 amide bonds. The van der Waals surface area contributed by atoms with Crippen LogP contribution in [0.4, 0.5) is 13.2 Å². The number of carbonyl (C=O) groups excluding carboxylic acids is 2. The van der Waals surface area contributed by atoms with Crippen molar-refractivity contribution in [2.45, 2.75) is 25.2 Å². The number of primary amides is 1. The van der Waals surface area contributed by atoms with Gasteiger partial charge < -0.3 is 15.2 Å². The molecule has 5 rings (SSSR count). The van der Waals surface area contributed by atoms with Crippen LogP contribution in [0.5, 0.6) is 11.5 Å². The van der Waals surface area contributed by atoms with Gasteiger partial charge in [0.1, 0.15) is 17.5 Å². The first-order valence-corrected chi connectivity index (χ1v) is 12.9. The van der Waals surface area contributed by atoms with Crippen LogP contribution in [0.15, 0.2) is 91.0 Å². The maximum atomic E-state index is 13.5. The van der Waals surface area contributed by atoms with Crippen molar-refractivity contribution >= 4 is 11.9 Å². The summed E-state index contributed by atoms with van der Waals surface area (Å²) in [5.41, 5.74) is 8.02. The molecule has 0 aromatic heterocycles. The van der Waals surface area contributed by atoms with E-state index in [1.807, 2.05) is 29.2 Å². The molecule has 0 aliphatic carbocycles. The highest BCUT2D eigenvalue weighted by molar-refractivity contribution is 5.98. The van der Waals surface area contributed by atoms with E-state index in [-0.39, 0.29) is 11.3 Å². The second-order valence-electron chi connectivity index (χ2n) is 9.75. The molecule has 0 saturated carbocycles. The number of hydrogen-bond acceptors (Lipinski definition) is 5. The largest absolute Gasteiger partial charge is 0.497 e. The number of esters is 1. The van der Waals surface area contributed by atoms with Crippen molar-refractivity contribution in [1.29, 1.82) is 0 Å². The van der Waals surface area contributed by atoms with Gasteiger partial charge in [-0.25, -0.2) is 4.79 Å². The Morgan fingerprint density at radius 1 is 0.927 bits per heavy atom. The molecule has 1 heterocycles. The lowest BCUT2D eigenvalue weighted by Gasteiger charge is -2.35. The zero-order valence-electron chi connectivity index (χ0n) is 22.2. The number of halogens is 3. The number of nitrogens with zero attached hydrogens (tertiary/aromatic N) is 1. The number of alkyl halides is 3. The van der Waals surface area contributed by atoms with Crippen LogP contribution in [0.25, 0.3) is 11.1 Å². The fraction of sp³-hybridized carbons (Fsp3) is 0.188. The molecule has 0 spiro atoms. The van der Waals surface area contributed by atoms with E-state index in [0.29, 0.717) is 36.2 Å². The summed E-state index contributed by atoms with van der Waals surface area (Å²) in [7, 11) is 1.59. The Balaban J connectivity index is 1.41. The van der Waals surface area contributed by atoms with Gasteiger partial charge in [-0.3, -0.25) is 9.69 Å². The monoisotopic (exact) mass is 560 g/mol. The van der Waals surface area contributed by atoms with E-state index in [9.17, 15) is 22.8 Å². The molecular formula is C32H27F3N2O4. The molecule has 1 aliphatic heterocycles. The Bertz CT molecular complexity index is 1570. The molecule has 1 unspecified atom stereocenters. The van der Waals surface area contributed by atoms with Crippen molar-refractivity contribution in [3.05, 3.63) is 119 Å². The van der Waals surface area contributed by atoms with Crippen LogP contribution in [-0.4, -0.2) is 30.4 Å². The van der Waals surface area contributed by atoms with Gasteiger partial charge in [-0.05, 0) is 70.6 Å². The Morgan fingerprint density at radius 2 is 1.63 bits per heavy atom. The number of nitrogens with two attached hydrogens (primary N) is 1. The smallest absolute Gasteiger partial charge is 0.416 e. The third-order valence-electron chi connectivity index (χ3n) is 7.12. The number of amides is 1. The minimum Gasteiger partial charge on any atom is -0.497 e. The van der Waals surface area contributed by atoms with E-state index in [0.717, 1.165) is 29.0 Å². The van der Waals surface area contributed by atoms with Gasteiger partial charge in [-0.2, -0.15) is 13.2 Å². The van der Waals surface area contributed by atoms with Gasteiger partial charge in [0.2, 0.25) is 5.91 Å². The van der Waals surface area contributed by atoms with Gasteiger partial charge in [0, 0.05) is 13.1 Å². The Labute approximate surface area is 235 Å². The number of benzene rings is 4. The maximum absolute atomic E-state index is 13.5. The van der Waals surface area contributed by atoms with Crippen LogP contribution in [0.3, 0.4) is 0 Å². The number of fused-ring (bicyclic) bond motifs is 1. The summed E-state index contributed by atoms with van der Waals surface area (Å²) in [5.74, 6) is -0.539. The fourth-order valence-electron chi connectivity index (χ4n) is 5.11. The molecule has 4 aromatic carbocycles. The molecule has 0 fully saturated rings. The van der Waals surface area contributed by atoms with Crippen molar-refractivity contribution < 1.29 is 32.2 Å². The lowest BCUT2D eigenvalue weighted by Crippen LogP contribution is -2.42. The van der Waals surface area contributed by atoms with E-state index < -0.39 is 29.7 Å². The fourth-order valence-corrected chi connectivity index (χ4v) is 5.11. The van der Waals surface area contributed by atoms with Crippen LogP contribution in [0.2, 0.25) is 0 Å². The Hall–Kier alpha value is -4.63. The lowest BCUT2D eigenvalue weighted by atomic mass is 9.91. The summed E-state index contributed by atoms with van der Waals surface area (Å²) in [5, 5.41) is 0. The van der Waals surface area contributed by atoms with E-state index in [2.05, 4.69) is 0 Å². The zero-order chi connectivity index (χ0) is 29.1. The van der Waals surface area contributed by atoms with Crippen LogP contribution in [-0.2, 0) is 23.9 Å². The minimum atomic E-state index is -4.63. The highest BCUT2D eigenvalue weighted by Crippen LogP contribution is 2.36. The number of methoxy groups -OCH3 is 1. The first kappa shape index (κ1) is 27.9. The highest BCUT2D eigenvalue weighted by atomic mass is 19.4. The molecule has 1 aliphatic rings. The normalized spacial score (nSPS) is 15.2. The topological polar surface area (TPSA) is 81.9 Å². The second-order valence-corrected chi connectivity index (χ2v) is 9.75.